The molecule has 1 aromatic carbocycles. The standard InChI is InChI=1S/C11H13F3Si/c1-15(2)8-7-9-3-5-10(6-4-9)11(12,13)14/h3-8,15H,1-2H3. The molecule has 1 aromatic rings. The molecule has 0 atom stereocenters. The Morgan fingerprint density at radius 2 is 1.60 bits per heavy atom. The lowest BCUT2D eigenvalue weighted by Gasteiger charge is -2.05. The second kappa shape index (κ2) is 4.66. The van der Waals surface area contributed by atoms with Gasteiger partial charge in [0.25, 0.3) is 0 Å². The number of hydrogen-bond donors (Lipinski definition) is 0. The van der Waals surface area contributed by atoms with Crippen molar-refractivity contribution in [2.75, 3.05) is 0 Å². The Balaban J connectivity index is 2.82. The van der Waals surface area contributed by atoms with Crippen LogP contribution in [-0.2, 0) is 6.18 Å². The predicted molar refractivity (Wildman–Crippen MR) is 59.4 cm³/mol. The molecule has 0 spiro atoms. The molecule has 15 heavy (non-hydrogen) atoms. The average molecular weight is 230 g/mol. The van der Waals surface area contributed by atoms with E-state index in [1.165, 1.54) is 12.1 Å². The van der Waals surface area contributed by atoms with Crippen molar-refractivity contribution < 1.29 is 13.2 Å². The third-order valence-electron chi connectivity index (χ3n) is 1.91. The SMILES string of the molecule is C[SiH](C)C=Cc1ccc(C(F)(F)F)cc1. The van der Waals surface area contributed by atoms with Crippen molar-refractivity contribution in [3.8, 4) is 0 Å². The Hall–Kier alpha value is -1.03. The zero-order chi connectivity index (χ0) is 11.5. The minimum absolute atomic E-state index is 0.596. The molecule has 4 heteroatoms. The molecule has 0 aliphatic carbocycles. The number of halogens is 3. The smallest absolute Gasteiger partial charge is 0.166 e. The van der Waals surface area contributed by atoms with Crippen molar-refractivity contribution >= 4 is 14.9 Å². The number of hydrogen-bond acceptors (Lipinski definition) is 0. The monoisotopic (exact) mass is 230 g/mol. The van der Waals surface area contributed by atoms with Gasteiger partial charge in [0.05, 0.1) is 14.4 Å². The van der Waals surface area contributed by atoms with E-state index in [9.17, 15) is 13.2 Å². The maximum atomic E-state index is 12.2. The highest BCUT2D eigenvalue weighted by Gasteiger charge is 2.29. The number of rotatable bonds is 2. The number of benzene rings is 1. The van der Waals surface area contributed by atoms with E-state index >= 15 is 0 Å². The van der Waals surface area contributed by atoms with Gasteiger partial charge in [0, 0.05) is 0 Å². The van der Waals surface area contributed by atoms with Crippen LogP contribution in [0.5, 0.6) is 0 Å². The van der Waals surface area contributed by atoms with Gasteiger partial charge in [0.15, 0.2) is 0 Å². The molecule has 0 N–H and O–H groups in total. The molecule has 0 saturated carbocycles. The Morgan fingerprint density at radius 1 is 1.07 bits per heavy atom. The van der Waals surface area contributed by atoms with Gasteiger partial charge in [-0.2, -0.15) is 13.2 Å². The molecule has 0 fully saturated rings. The van der Waals surface area contributed by atoms with Gasteiger partial charge in [0.1, 0.15) is 0 Å². The van der Waals surface area contributed by atoms with Gasteiger partial charge in [-0.1, -0.05) is 37.0 Å². The third kappa shape index (κ3) is 3.91. The van der Waals surface area contributed by atoms with Gasteiger partial charge >= 0.3 is 6.18 Å². The van der Waals surface area contributed by atoms with Crippen LogP contribution in [0.3, 0.4) is 0 Å². The van der Waals surface area contributed by atoms with Crippen LogP contribution in [-0.4, -0.2) is 8.80 Å². The Kier molecular flexibility index (Phi) is 3.74. The molecular weight excluding hydrogens is 217 g/mol. The summed E-state index contributed by atoms with van der Waals surface area (Å²) in [6, 6.07) is 5.22. The molecule has 0 bridgehead atoms. The fourth-order valence-corrected chi connectivity index (χ4v) is 1.69. The van der Waals surface area contributed by atoms with E-state index in [-0.39, 0.29) is 0 Å². The van der Waals surface area contributed by atoms with Gasteiger partial charge in [0.2, 0.25) is 0 Å². The van der Waals surface area contributed by atoms with Gasteiger partial charge in [-0.25, -0.2) is 0 Å². The molecule has 0 heterocycles. The molecule has 0 aromatic heterocycles. The topological polar surface area (TPSA) is 0 Å². The Labute approximate surface area is 89.0 Å². The fraction of sp³-hybridized carbons (Fsp3) is 0.273. The van der Waals surface area contributed by atoms with Crippen molar-refractivity contribution in [2.45, 2.75) is 19.3 Å². The summed E-state index contributed by atoms with van der Waals surface area (Å²) in [5, 5.41) is 0. The summed E-state index contributed by atoms with van der Waals surface area (Å²) in [5.41, 5.74) is 2.31. The molecule has 0 saturated heterocycles. The van der Waals surface area contributed by atoms with Crippen molar-refractivity contribution in [2.24, 2.45) is 0 Å². The van der Waals surface area contributed by atoms with E-state index in [2.05, 4.69) is 18.8 Å². The lowest BCUT2D eigenvalue weighted by atomic mass is 10.1. The van der Waals surface area contributed by atoms with Gasteiger partial charge in [-0.15, -0.1) is 0 Å². The van der Waals surface area contributed by atoms with Crippen molar-refractivity contribution in [1.82, 2.24) is 0 Å². The molecule has 0 unspecified atom stereocenters. The van der Waals surface area contributed by atoms with Crippen molar-refractivity contribution in [3.63, 3.8) is 0 Å². The maximum absolute atomic E-state index is 12.2. The van der Waals surface area contributed by atoms with Crippen LogP contribution >= 0.6 is 0 Å². The molecule has 0 nitrogen and oxygen atoms in total. The van der Waals surface area contributed by atoms with Crippen LogP contribution in [0.2, 0.25) is 13.1 Å². The summed E-state index contributed by atoms with van der Waals surface area (Å²) >= 11 is 0. The van der Waals surface area contributed by atoms with Gasteiger partial charge in [-0.3, -0.25) is 0 Å². The number of alkyl halides is 3. The van der Waals surface area contributed by atoms with Crippen LogP contribution in [0.15, 0.2) is 30.0 Å². The van der Waals surface area contributed by atoms with Crippen LogP contribution < -0.4 is 0 Å². The summed E-state index contributed by atoms with van der Waals surface area (Å²) < 4.78 is 36.7. The molecule has 0 radical (unpaired) electrons. The highest BCUT2D eigenvalue weighted by molar-refractivity contribution is 6.62. The fourth-order valence-electron chi connectivity index (χ4n) is 1.09. The largest absolute Gasteiger partial charge is 0.416 e. The quantitative estimate of drug-likeness (QED) is 0.679. The first-order valence-corrected chi connectivity index (χ1v) is 7.72. The maximum Gasteiger partial charge on any atom is 0.416 e. The highest BCUT2D eigenvalue weighted by atomic mass is 28.3. The van der Waals surface area contributed by atoms with Crippen LogP contribution in [0.4, 0.5) is 13.2 Å². The van der Waals surface area contributed by atoms with E-state index in [1.807, 2.05) is 6.08 Å². The predicted octanol–water partition coefficient (Wildman–Crippen LogP) is 3.74. The molecule has 0 aliphatic rings. The average Bonchev–Trinajstić information content (AvgIpc) is 2.14. The third-order valence-corrected chi connectivity index (χ3v) is 2.87. The summed E-state index contributed by atoms with van der Waals surface area (Å²) in [6.07, 6.45) is -2.36. The summed E-state index contributed by atoms with van der Waals surface area (Å²) in [4.78, 5) is 0. The molecule has 0 amide bonds. The minimum atomic E-state index is -4.24. The second-order valence-electron chi connectivity index (χ2n) is 3.72. The summed E-state index contributed by atoms with van der Waals surface area (Å²) in [5.74, 6) is 0. The normalized spacial score (nSPS) is 12.7. The molecule has 1 rings (SSSR count). The summed E-state index contributed by atoms with van der Waals surface area (Å²) in [7, 11) is -0.789. The molecule has 0 aliphatic heterocycles. The van der Waals surface area contributed by atoms with E-state index in [0.29, 0.717) is 0 Å². The first kappa shape index (κ1) is 12.0. The van der Waals surface area contributed by atoms with Crippen molar-refractivity contribution in [3.05, 3.63) is 41.1 Å². The van der Waals surface area contributed by atoms with E-state index < -0.39 is 20.5 Å². The van der Waals surface area contributed by atoms with Crippen LogP contribution in [0, 0.1) is 0 Å². The van der Waals surface area contributed by atoms with Gasteiger partial charge in [-0.05, 0) is 17.7 Å². The van der Waals surface area contributed by atoms with E-state index in [1.54, 1.807) is 0 Å². The summed E-state index contributed by atoms with van der Waals surface area (Å²) in [6.45, 7) is 4.31. The van der Waals surface area contributed by atoms with E-state index in [0.717, 1.165) is 17.7 Å². The Bertz CT molecular complexity index is 336. The highest BCUT2D eigenvalue weighted by Crippen LogP contribution is 2.29. The van der Waals surface area contributed by atoms with Crippen molar-refractivity contribution in [1.29, 1.82) is 0 Å². The lowest BCUT2D eigenvalue weighted by molar-refractivity contribution is -0.137. The van der Waals surface area contributed by atoms with Gasteiger partial charge < -0.3 is 0 Å². The first-order valence-electron chi connectivity index (χ1n) is 4.75. The second-order valence-corrected chi connectivity index (χ2v) is 6.60. The molecular formula is C11H13F3Si. The van der Waals surface area contributed by atoms with Crippen LogP contribution in [0.25, 0.3) is 6.08 Å². The zero-order valence-electron chi connectivity index (χ0n) is 8.68. The van der Waals surface area contributed by atoms with Crippen LogP contribution in [0.1, 0.15) is 11.1 Å². The molecule has 82 valence electrons. The first-order chi connectivity index (χ1) is 6.89. The van der Waals surface area contributed by atoms with E-state index in [4.69, 9.17) is 0 Å². The zero-order valence-corrected chi connectivity index (χ0v) is 9.83. The Morgan fingerprint density at radius 3 is 2.00 bits per heavy atom. The minimum Gasteiger partial charge on any atom is -0.166 e. The lowest BCUT2D eigenvalue weighted by Crippen LogP contribution is -2.04.